The van der Waals surface area contributed by atoms with E-state index in [9.17, 15) is 4.79 Å². The zero-order valence-electron chi connectivity index (χ0n) is 11.6. The van der Waals surface area contributed by atoms with Crippen molar-refractivity contribution in [2.45, 2.75) is 13.1 Å². The van der Waals surface area contributed by atoms with E-state index in [-0.39, 0.29) is 5.91 Å². The Hall–Kier alpha value is -2.14. The minimum atomic E-state index is 0.192. The van der Waals surface area contributed by atoms with E-state index in [0.29, 0.717) is 19.8 Å². The molecule has 20 heavy (non-hydrogen) atoms. The quantitative estimate of drug-likeness (QED) is 0.839. The number of carbonyl (C=O) groups excluding carboxylic acids is 1. The van der Waals surface area contributed by atoms with Crippen LogP contribution < -0.4 is 0 Å². The summed E-state index contributed by atoms with van der Waals surface area (Å²) in [6.45, 7) is 2.62. The molecule has 0 N–H and O–H groups in total. The minimum absolute atomic E-state index is 0.192. The molecule has 2 heterocycles. The zero-order valence-corrected chi connectivity index (χ0v) is 11.6. The summed E-state index contributed by atoms with van der Waals surface area (Å²) >= 11 is 0. The van der Waals surface area contributed by atoms with Crippen molar-refractivity contribution in [3.05, 3.63) is 53.9 Å². The van der Waals surface area contributed by atoms with E-state index in [1.54, 1.807) is 4.68 Å². The molecule has 0 bridgehead atoms. The Morgan fingerprint density at radius 1 is 1.15 bits per heavy atom. The third-order valence-corrected chi connectivity index (χ3v) is 3.46. The van der Waals surface area contributed by atoms with Gasteiger partial charge in [0.15, 0.2) is 0 Å². The van der Waals surface area contributed by atoms with E-state index in [4.69, 9.17) is 0 Å². The van der Waals surface area contributed by atoms with Gasteiger partial charge in [-0.1, -0.05) is 30.3 Å². The second-order valence-electron chi connectivity index (χ2n) is 5.23. The highest BCUT2D eigenvalue weighted by molar-refractivity contribution is 5.80. The van der Waals surface area contributed by atoms with Gasteiger partial charge in [0, 0.05) is 31.9 Å². The largest absolute Gasteiger partial charge is 0.324 e. The van der Waals surface area contributed by atoms with Crippen molar-refractivity contribution in [3.63, 3.8) is 0 Å². The van der Waals surface area contributed by atoms with Crippen molar-refractivity contribution in [2.75, 3.05) is 13.2 Å². The summed E-state index contributed by atoms with van der Waals surface area (Å²) in [5.41, 5.74) is 2.31. The monoisotopic (exact) mass is 270 g/mol. The van der Waals surface area contributed by atoms with Crippen LogP contribution in [-0.2, 0) is 24.9 Å². The average Bonchev–Trinajstić information content (AvgIpc) is 2.98. The SMILES string of the molecule is Cn1cc(CN2CC(=O)N(Cc3ccccc3)C2)cn1. The molecule has 0 spiro atoms. The van der Waals surface area contributed by atoms with Gasteiger partial charge in [0.25, 0.3) is 0 Å². The van der Waals surface area contributed by atoms with Crippen molar-refractivity contribution < 1.29 is 4.79 Å². The van der Waals surface area contributed by atoms with Crippen molar-refractivity contribution >= 4 is 5.91 Å². The van der Waals surface area contributed by atoms with Crippen LogP contribution in [0, 0.1) is 0 Å². The van der Waals surface area contributed by atoms with Crippen LogP contribution >= 0.6 is 0 Å². The third-order valence-electron chi connectivity index (χ3n) is 3.46. The lowest BCUT2D eigenvalue weighted by Crippen LogP contribution is -2.26. The Kier molecular flexibility index (Phi) is 3.52. The topological polar surface area (TPSA) is 41.4 Å². The van der Waals surface area contributed by atoms with Crippen LogP contribution in [0.15, 0.2) is 42.7 Å². The van der Waals surface area contributed by atoms with E-state index < -0.39 is 0 Å². The maximum absolute atomic E-state index is 12.0. The predicted molar refractivity (Wildman–Crippen MR) is 75.5 cm³/mol. The highest BCUT2D eigenvalue weighted by atomic mass is 16.2. The molecule has 3 rings (SSSR count). The highest BCUT2D eigenvalue weighted by Crippen LogP contribution is 2.14. The molecule has 2 aromatic rings. The molecule has 5 heteroatoms. The molecule has 1 aromatic heterocycles. The zero-order chi connectivity index (χ0) is 13.9. The molecule has 0 saturated carbocycles. The van der Waals surface area contributed by atoms with Crippen molar-refractivity contribution in [1.29, 1.82) is 0 Å². The number of rotatable bonds is 4. The highest BCUT2D eigenvalue weighted by Gasteiger charge is 2.27. The number of amides is 1. The van der Waals surface area contributed by atoms with E-state index in [1.165, 1.54) is 5.56 Å². The third kappa shape index (κ3) is 2.88. The van der Waals surface area contributed by atoms with E-state index >= 15 is 0 Å². The number of aromatic nitrogens is 2. The van der Waals surface area contributed by atoms with Crippen molar-refractivity contribution in [1.82, 2.24) is 19.6 Å². The molecule has 0 radical (unpaired) electrons. The van der Waals surface area contributed by atoms with Crippen LogP contribution in [0.2, 0.25) is 0 Å². The lowest BCUT2D eigenvalue weighted by atomic mass is 10.2. The molecule has 0 atom stereocenters. The fourth-order valence-electron chi connectivity index (χ4n) is 2.52. The first kappa shape index (κ1) is 12.9. The van der Waals surface area contributed by atoms with Gasteiger partial charge in [-0.2, -0.15) is 5.10 Å². The smallest absolute Gasteiger partial charge is 0.238 e. The summed E-state index contributed by atoms with van der Waals surface area (Å²) in [5.74, 6) is 0.192. The molecular formula is C15H18N4O. The van der Waals surface area contributed by atoms with Gasteiger partial charge in [-0.25, -0.2) is 0 Å². The van der Waals surface area contributed by atoms with Gasteiger partial charge in [-0.3, -0.25) is 14.4 Å². The number of aryl methyl sites for hydroxylation is 1. The molecule has 104 valence electrons. The average molecular weight is 270 g/mol. The minimum Gasteiger partial charge on any atom is -0.324 e. The summed E-state index contributed by atoms with van der Waals surface area (Å²) in [5, 5.41) is 4.16. The molecular weight excluding hydrogens is 252 g/mol. The van der Waals surface area contributed by atoms with Crippen LogP contribution in [0.5, 0.6) is 0 Å². The Labute approximate surface area is 118 Å². The summed E-state index contributed by atoms with van der Waals surface area (Å²) in [7, 11) is 1.90. The number of hydrogen-bond donors (Lipinski definition) is 0. The lowest BCUT2D eigenvalue weighted by Gasteiger charge is -2.17. The lowest BCUT2D eigenvalue weighted by molar-refractivity contribution is -0.127. The fraction of sp³-hybridized carbons (Fsp3) is 0.333. The number of carbonyl (C=O) groups is 1. The molecule has 1 aliphatic rings. The van der Waals surface area contributed by atoms with Gasteiger partial charge >= 0.3 is 0 Å². The second-order valence-corrected chi connectivity index (χ2v) is 5.23. The molecule has 1 amide bonds. The molecule has 5 nitrogen and oxygen atoms in total. The van der Waals surface area contributed by atoms with Crippen LogP contribution in [0.4, 0.5) is 0 Å². The first-order chi connectivity index (χ1) is 9.70. The molecule has 0 unspecified atom stereocenters. The first-order valence-corrected chi connectivity index (χ1v) is 6.72. The maximum Gasteiger partial charge on any atom is 0.238 e. The molecule has 1 aromatic carbocycles. The van der Waals surface area contributed by atoms with E-state index in [0.717, 1.165) is 12.1 Å². The normalized spacial score (nSPS) is 16.1. The van der Waals surface area contributed by atoms with Crippen LogP contribution in [0.3, 0.4) is 0 Å². The van der Waals surface area contributed by atoms with Gasteiger partial charge in [-0.05, 0) is 5.56 Å². The first-order valence-electron chi connectivity index (χ1n) is 6.72. The number of hydrogen-bond acceptors (Lipinski definition) is 3. The standard InChI is InChI=1S/C15H18N4O/c1-17-8-14(7-16-17)9-18-11-15(20)19(12-18)10-13-5-3-2-4-6-13/h2-8H,9-12H2,1H3. The number of nitrogens with zero attached hydrogens (tertiary/aromatic N) is 4. The molecule has 1 aliphatic heterocycles. The summed E-state index contributed by atoms with van der Waals surface area (Å²) in [4.78, 5) is 16.1. The predicted octanol–water partition coefficient (Wildman–Crippen LogP) is 1.22. The summed E-state index contributed by atoms with van der Waals surface area (Å²) in [6, 6.07) is 10.1. The van der Waals surface area contributed by atoms with Gasteiger partial charge in [-0.15, -0.1) is 0 Å². The van der Waals surface area contributed by atoms with Gasteiger partial charge in [0.1, 0.15) is 0 Å². The summed E-state index contributed by atoms with van der Waals surface area (Å²) in [6.07, 6.45) is 3.84. The fourth-order valence-corrected chi connectivity index (χ4v) is 2.52. The van der Waals surface area contributed by atoms with Crippen molar-refractivity contribution in [3.8, 4) is 0 Å². The Bertz CT molecular complexity index is 593. The number of benzene rings is 1. The van der Waals surface area contributed by atoms with Crippen LogP contribution in [0.1, 0.15) is 11.1 Å². The Morgan fingerprint density at radius 3 is 2.65 bits per heavy atom. The van der Waals surface area contributed by atoms with Gasteiger partial charge in [0.2, 0.25) is 5.91 Å². The Balaban J connectivity index is 1.60. The maximum atomic E-state index is 12.0. The Morgan fingerprint density at radius 2 is 1.95 bits per heavy atom. The molecule has 1 saturated heterocycles. The van der Waals surface area contributed by atoms with E-state index in [2.05, 4.69) is 22.1 Å². The van der Waals surface area contributed by atoms with Crippen LogP contribution in [0.25, 0.3) is 0 Å². The second kappa shape index (κ2) is 5.46. The molecule has 1 fully saturated rings. The molecule has 0 aliphatic carbocycles. The van der Waals surface area contributed by atoms with Gasteiger partial charge in [0.05, 0.1) is 19.4 Å². The summed E-state index contributed by atoms with van der Waals surface area (Å²) < 4.78 is 1.79. The van der Waals surface area contributed by atoms with Crippen LogP contribution in [-0.4, -0.2) is 38.7 Å². The van der Waals surface area contributed by atoms with Gasteiger partial charge < -0.3 is 4.90 Å². The van der Waals surface area contributed by atoms with Crippen molar-refractivity contribution in [2.24, 2.45) is 7.05 Å². The van der Waals surface area contributed by atoms with E-state index in [1.807, 2.05) is 42.5 Å².